The van der Waals surface area contributed by atoms with Crippen molar-refractivity contribution in [2.24, 2.45) is 0 Å². The third-order valence-corrected chi connectivity index (χ3v) is 2.92. The predicted molar refractivity (Wildman–Crippen MR) is 37.4 cm³/mol. The van der Waals surface area contributed by atoms with Gasteiger partial charge in [0.2, 0.25) is 0 Å². The first-order valence-corrected chi connectivity index (χ1v) is 3.64. The van der Waals surface area contributed by atoms with E-state index in [2.05, 4.69) is 24.3 Å². The second kappa shape index (κ2) is 1.50. The summed E-state index contributed by atoms with van der Waals surface area (Å²) in [7, 11) is 4.37. The number of hydrogen-bond donors (Lipinski definition) is 1. The molecule has 0 unspecified atom stereocenters. The molecule has 2 nitrogen and oxygen atoms in total. The molecule has 2 saturated heterocycles. The molecule has 2 aliphatic heterocycles. The molecule has 2 bridgehead atoms. The molecule has 0 amide bonds. The van der Waals surface area contributed by atoms with Crippen molar-refractivity contribution in [2.45, 2.75) is 24.4 Å². The number of fused-ring (bicyclic) bond motifs is 1. The molecule has 1 aliphatic carbocycles. The van der Waals surface area contributed by atoms with Crippen LogP contribution in [0, 0.1) is 0 Å². The molecule has 3 fully saturated rings. The third kappa shape index (κ3) is 0.578. The third-order valence-electron chi connectivity index (χ3n) is 2.92. The average Bonchev–Trinajstić information content (AvgIpc) is 2.13. The van der Waals surface area contributed by atoms with Crippen LogP contribution in [0.25, 0.3) is 0 Å². The molecular formula is C7H14N2. The van der Waals surface area contributed by atoms with Crippen molar-refractivity contribution in [3.63, 3.8) is 0 Å². The highest BCUT2D eigenvalue weighted by atomic mass is 15.2. The fraction of sp³-hybridized carbons (Fsp3) is 1.00. The highest BCUT2D eigenvalue weighted by Crippen LogP contribution is 2.41. The van der Waals surface area contributed by atoms with E-state index in [1.54, 1.807) is 0 Å². The van der Waals surface area contributed by atoms with Gasteiger partial charge in [0.05, 0.1) is 0 Å². The lowest BCUT2D eigenvalue weighted by Crippen LogP contribution is -2.51. The van der Waals surface area contributed by atoms with Crippen LogP contribution < -0.4 is 5.32 Å². The van der Waals surface area contributed by atoms with Crippen LogP contribution in [-0.2, 0) is 0 Å². The van der Waals surface area contributed by atoms with Gasteiger partial charge in [0.25, 0.3) is 0 Å². The van der Waals surface area contributed by atoms with Crippen LogP contribution >= 0.6 is 0 Å². The zero-order valence-electron chi connectivity index (χ0n) is 6.15. The van der Waals surface area contributed by atoms with Gasteiger partial charge in [-0.1, -0.05) is 0 Å². The number of nitrogens with zero attached hydrogens (tertiary/aromatic N) is 1. The van der Waals surface area contributed by atoms with Gasteiger partial charge in [-0.25, -0.2) is 0 Å². The molecule has 3 aliphatic rings. The fourth-order valence-electron chi connectivity index (χ4n) is 2.00. The van der Waals surface area contributed by atoms with E-state index in [1.165, 1.54) is 19.4 Å². The summed E-state index contributed by atoms with van der Waals surface area (Å²) in [6.45, 7) is 1.21. The second-order valence-electron chi connectivity index (χ2n) is 3.60. The minimum atomic E-state index is 0.560. The molecule has 3 rings (SSSR count). The van der Waals surface area contributed by atoms with E-state index >= 15 is 0 Å². The van der Waals surface area contributed by atoms with E-state index in [0.29, 0.717) is 5.54 Å². The molecular weight excluding hydrogens is 112 g/mol. The van der Waals surface area contributed by atoms with Crippen LogP contribution in [-0.4, -0.2) is 37.1 Å². The SMILES string of the molecule is CN(C)C12CNC(C1)C2. The molecule has 0 aromatic carbocycles. The van der Waals surface area contributed by atoms with Crippen molar-refractivity contribution < 1.29 is 0 Å². The number of nitrogens with one attached hydrogen (secondary N) is 1. The van der Waals surface area contributed by atoms with Crippen molar-refractivity contribution in [3.05, 3.63) is 0 Å². The van der Waals surface area contributed by atoms with Crippen molar-refractivity contribution in [1.29, 1.82) is 0 Å². The Labute approximate surface area is 56.2 Å². The van der Waals surface area contributed by atoms with E-state index in [0.717, 1.165) is 6.04 Å². The summed E-state index contributed by atoms with van der Waals surface area (Å²) < 4.78 is 0. The second-order valence-corrected chi connectivity index (χ2v) is 3.60. The van der Waals surface area contributed by atoms with Crippen LogP contribution in [0.1, 0.15) is 12.8 Å². The fourth-order valence-corrected chi connectivity index (χ4v) is 2.00. The molecule has 1 saturated carbocycles. The summed E-state index contributed by atoms with van der Waals surface area (Å²) in [5, 5.41) is 3.47. The summed E-state index contributed by atoms with van der Waals surface area (Å²) in [5.74, 6) is 0. The molecule has 0 spiro atoms. The van der Waals surface area contributed by atoms with Gasteiger partial charge in [0.15, 0.2) is 0 Å². The van der Waals surface area contributed by atoms with E-state index < -0.39 is 0 Å². The van der Waals surface area contributed by atoms with Gasteiger partial charge in [0, 0.05) is 18.1 Å². The Kier molecular flexibility index (Phi) is 0.945. The highest BCUT2D eigenvalue weighted by Gasteiger charge is 2.51. The summed E-state index contributed by atoms with van der Waals surface area (Å²) >= 11 is 0. The van der Waals surface area contributed by atoms with E-state index in [-0.39, 0.29) is 0 Å². The maximum atomic E-state index is 3.47. The first-order chi connectivity index (χ1) is 4.23. The first-order valence-electron chi connectivity index (χ1n) is 3.64. The summed E-state index contributed by atoms with van der Waals surface area (Å²) in [5.41, 5.74) is 0.560. The zero-order chi connectivity index (χ0) is 6.48. The lowest BCUT2D eigenvalue weighted by atomic mass is 9.77. The van der Waals surface area contributed by atoms with Gasteiger partial charge in [0.1, 0.15) is 0 Å². The molecule has 9 heavy (non-hydrogen) atoms. The Hall–Kier alpha value is -0.0800. The topological polar surface area (TPSA) is 15.3 Å². The normalized spacial score (nSPS) is 47.7. The highest BCUT2D eigenvalue weighted by molar-refractivity contribution is 5.12. The van der Waals surface area contributed by atoms with Gasteiger partial charge in [-0.15, -0.1) is 0 Å². The largest absolute Gasteiger partial charge is 0.312 e. The Bertz CT molecular complexity index is 119. The van der Waals surface area contributed by atoms with Crippen LogP contribution in [0.3, 0.4) is 0 Å². The smallest absolute Gasteiger partial charge is 0.0357 e. The number of rotatable bonds is 1. The molecule has 2 heteroatoms. The minimum absolute atomic E-state index is 0.560. The molecule has 0 radical (unpaired) electrons. The standard InChI is InChI=1S/C7H14N2/c1-9(2)7-3-6(4-7)8-5-7/h6,8H,3-5H2,1-2H3. The summed E-state index contributed by atoms with van der Waals surface area (Å²) in [6, 6.07) is 0.854. The lowest BCUT2D eigenvalue weighted by Gasteiger charge is -2.42. The Morgan fingerprint density at radius 3 is 2.33 bits per heavy atom. The van der Waals surface area contributed by atoms with Gasteiger partial charge in [-0.2, -0.15) is 0 Å². The quantitative estimate of drug-likeness (QED) is 0.534. The molecule has 2 heterocycles. The average molecular weight is 126 g/mol. The monoisotopic (exact) mass is 126 g/mol. The Morgan fingerprint density at radius 1 is 1.44 bits per heavy atom. The van der Waals surface area contributed by atoms with Crippen molar-refractivity contribution >= 4 is 0 Å². The number of likely N-dealkylation sites (N-methyl/N-ethyl adjacent to an activating group) is 1. The summed E-state index contributed by atoms with van der Waals surface area (Å²) in [4.78, 5) is 2.36. The van der Waals surface area contributed by atoms with Crippen LogP contribution in [0.15, 0.2) is 0 Å². The lowest BCUT2D eigenvalue weighted by molar-refractivity contribution is 0.106. The van der Waals surface area contributed by atoms with Crippen molar-refractivity contribution in [3.8, 4) is 0 Å². The molecule has 52 valence electrons. The van der Waals surface area contributed by atoms with Crippen LogP contribution in [0.4, 0.5) is 0 Å². The number of hydrogen-bond acceptors (Lipinski definition) is 2. The van der Waals surface area contributed by atoms with Gasteiger partial charge >= 0.3 is 0 Å². The van der Waals surface area contributed by atoms with Crippen molar-refractivity contribution in [2.75, 3.05) is 20.6 Å². The maximum absolute atomic E-state index is 3.47. The molecule has 0 aromatic rings. The minimum Gasteiger partial charge on any atom is -0.312 e. The van der Waals surface area contributed by atoms with Crippen LogP contribution in [0.5, 0.6) is 0 Å². The predicted octanol–water partition coefficient (Wildman–Crippen LogP) is 0.0524. The first kappa shape index (κ1) is 5.69. The van der Waals surface area contributed by atoms with Gasteiger partial charge < -0.3 is 10.2 Å². The van der Waals surface area contributed by atoms with E-state index in [9.17, 15) is 0 Å². The maximum Gasteiger partial charge on any atom is 0.0357 e. The molecule has 0 aromatic heterocycles. The van der Waals surface area contributed by atoms with Gasteiger partial charge in [-0.3, -0.25) is 0 Å². The van der Waals surface area contributed by atoms with Crippen LogP contribution in [0.2, 0.25) is 0 Å². The van der Waals surface area contributed by atoms with Gasteiger partial charge in [-0.05, 0) is 26.9 Å². The Balaban J connectivity index is 2.10. The zero-order valence-corrected chi connectivity index (χ0v) is 6.15. The summed E-state index contributed by atoms with van der Waals surface area (Å²) in [6.07, 6.45) is 2.75. The van der Waals surface area contributed by atoms with Crippen molar-refractivity contribution in [1.82, 2.24) is 10.2 Å². The molecule has 1 N–H and O–H groups in total. The molecule has 0 atom stereocenters. The Morgan fingerprint density at radius 2 is 2.11 bits per heavy atom. The van der Waals surface area contributed by atoms with E-state index in [1.807, 2.05) is 0 Å². The van der Waals surface area contributed by atoms with E-state index in [4.69, 9.17) is 0 Å².